The van der Waals surface area contributed by atoms with Crippen LogP contribution in [0.2, 0.25) is 0 Å². The fraction of sp³-hybridized carbons (Fsp3) is 0.0526. The number of para-hydroxylation sites is 5. The van der Waals surface area contributed by atoms with Gasteiger partial charge in [-0.1, -0.05) is 166 Å². The van der Waals surface area contributed by atoms with Crippen molar-refractivity contribution >= 4 is 60.7 Å². The zero-order valence-electron chi connectivity index (χ0n) is 33.5. The number of rotatable bonds is 6. The highest BCUT2D eigenvalue weighted by molar-refractivity contribution is 6.17. The van der Waals surface area contributed by atoms with E-state index in [-0.39, 0.29) is 5.41 Å². The van der Waals surface area contributed by atoms with Gasteiger partial charge in [-0.25, -0.2) is 0 Å². The van der Waals surface area contributed by atoms with Crippen LogP contribution in [0, 0.1) is 0 Å². The number of hydrogen-bond donors (Lipinski definition) is 0. The molecule has 0 saturated carbocycles. The van der Waals surface area contributed by atoms with E-state index in [1.807, 2.05) is 0 Å². The maximum Gasteiger partial charge on any atom is 0.0583 e. The average molecular weight is 768 g/mol. The lowest BCUT2D eigenvalue weighted by molar-refractivity contribution is 0.660. The second kappa shape index (κ2) is 13.2. The highest BCUT2D eigenvalue weighted by atomic mass is 15.2. The molecule has 1 aliphatic rings. The molecule has 3 nitrogen and oxygen atoms in total. The highest BCUT2D eigenvalue weighted by Crippen LogP contribution is 2.52. The Bertz CT molecular complexity index is 3410. The molecular weight excluding hydrogens is 727 g/mol. The van der Waals surface area contributed by atoms with Gasteiger partial charge in [-0.2, -0.15) is 0 Å². The van der Waals surface area contributed by atoms with Crippen molar-refractivity contribution in [3.63, 3.8) is 0 Å². The van der Waals surface area contributed by atoms with Crippen LogP contribution >= 0.6 is 0 Å². The monoisotopic (exact) mass is 767 g/mol. The van der Waals surface area contributed by atoms with Crippen LogP contribution in [-0.4, -0.2) is 9.13 Å². The molecule has 9 aromatic carbocycles. The van der Waals surface area contributed by atoms with Crippen LogP contribution < -0.4 is 4.90 Å². The summed E-state index contributed by atoms with van der Waals surface area (Å²) in [7, 11) is 0. The normalized spacial score (nSPS) is 13.0. The minimum atomic E-state index is -0.101. The third kappa shape index (κ3) is 5.02. The van der Waals surface area contributed by atoms with Crippen molar-refractivity contribution in [2.24, 2.45) is 0 Å². The van der Waals surface area contributed by atoms with Crippen LogP contribution in [0.15, 0.2) is 212 Å². The Morgan fingerprint density at radius 1 is 0.383 bits per heavy atom. The molecule has 2 heterocycles. The van der Waals surface area contributed by atoms with E-state index in [4.69, 9.17) is 0 Å². The Labute approximate surface area is 349 Å². The molecule has 0 fully saturated rings. The summed E-state index contributed by atoms with van der Waals surface area (Å²) < 4.78 is 4.95. The smallest absolute Gasteiger partial charge is 0.0583 e. The summed E-state index contributed by atoms with van der Waals surface area (Å²) in [5.41, 5.74) is 17.8. The van der Waals surface area contributed by atoms with Gasteiger partial charge in [0.05, 0.1) is 39.1 Å². The van der Waals surface area contributed by atoms with Crippen molar-refractivity contribution in [3.05, 3.63) is 223 Å². The van der Waals surface area contributed by atoms with Gasteiger partial charge in [0.15, 0.2) is 0 Å². The van der Waals surface area contributed by atoms with E-state index in [9.17, 15) is 0 Å². The molecule has 3 heteroatoms. The minimum Gasteiger partial charge on any atom is -0.310 e. The van der Waals surface area contributed by atoms with Crippen LogP contribution in [0.4, 0.5) is 17.1 Å². The lowest BCUT2D eigenvalue weighted by atomic mass is 9.82. The Morgan fingerprint density at radius 3 is 1.65 bits per heavy atom. The molecule has 0 unspecified atom stereocenters. The van der Waals surface area contributed by atoms with Crippen LogP contribution in [0.5, 0.6) is 0 Å². The summed E-state index contributed by atoms with van der Waals surface area (Å²) in [6.45, 7) is 4.71. The standard InChI is InChI=1S/C57H41N3/c1-57(2)48-28-14-9-24-43(48)47-35-40(33-34-49(47)57)58(50-29-15-10-23-42(50)38-19-5-3-6-20-38)41-36-54-56(46-27-13-18-32-53(46)59(54)39-21-7-4-8-22-39)55(37-41)60-51-30-16-11-25-44(51)45-26-12-17-31-52(45)60/h3-37H,1-2H3. The molecule has 0 spiro atoms. The fourth-order valence-corrected chi connectivity index (χ4v) is 10.2. The molecule has 12 rings (SSSR count). The fourth-order valence-electron chi connectivity index (χ4n) is 10.2. The number of nitrogens with zero attached hydrogens (tertiary/aromatic N) is 3. The summed E-state index contributed by atoms with van der Waals surface area (Å²) in [5, 5.41) is 4.91. The number of fused-ring (bicyclic) bond motifs is 9. The molecule has 0 atom stereocenters. The summed E-state index contributed by atoms with van der Waals surface area (Å²) >= 11 is 0. The molecule has 60 heavy (non-hydrogen) atoms. The molecular formula is C57H41N3. The van der Waals surface area contributed by atoms with Gasteiger partial charge >= 0.3 is 0 Å². The van der Waals surface area contributed by atoms with E-state index >= 15 is 0 Å². The lowest BCUT2D eigenvalue weighted by Gasteiger charge is -2.30. The van der Waals surface area contributed by atoms with Crippen molar-refractivity contribution in [2.45, 2.75) is 19.3 Å². The maximum absolute atomic E-state index is 2.50. The molecule has 0 radical (unpaired) electrons. The van der Waals surface area contributed by atoms with Gasteiger partial charge in [-0.3, -0.25) is 0 Å². The van der Waals surface area contributed by atoms with Gasteiger partial charge in [-0.15, -0.1) is 0 Å². The topological polar surface area (TPSA) is 13.1 Å². The molecule has 0 bridgehead atoms. The van der Waals surface area contributed by atoms with Crippen molar-refractivity contribution in [1.29, 1.82) is 0 Å². The van der Waals surface area contributed by atoms with E-state index in [1.165, 1.54) is 71.5 Å². The molecule has 0 N–H and O–H groups in total. The SMILES string of the molecule is CC1(C)c2ccccc2-c2cc(N(c3cc(-n4c5ccccc5c5ccccc54)c4c5ccccc5n(-c5ccccc5)c4c3)c3ccccc3-c3ccccc3)ccc21. The first-order valence-corrected chi connectivity index (χ1v) is 20.9. The zero-order chi connectivity index (χ0) is 40.0. The zero-order valence-corrected chi connectivity index (χ0v) is 33.5. The quantitative estimate of drug-likeness (QED) is 0.164. The van der Waals surface area contributed by atoms with Crippen molar-refractivity contribution in [3.8, 4) is 33.6 Å². The molecule has 0 aliphatic heterocycles. The Hall–Kier alpha value is -7.62. The second-order valence-corrected chi connectivity index (χ2v) is 16.5. The number of aromatic nitrogens is 2. The van der Waals surface area contributed by atoms with Gasteiger partial charge in [0.1, 0.15) is 0 Å². The minimum absolute atomic E-state index is 0.101. The van der Waals surface area contributed by atoms with Gasteiger partial charge in [0, 0.05) is 43.9 Å². The lowest BCUT2D eigenvalue weighted by Crippen LogP contribution is -2.15. The number of anilines is 3. The van der Waals surface area contributed by atoms with Gasteiger partial charge in [0.2, 0.25) is 0 Å². The molecule has 0 saturated heterocycles. The number of hydrogen-bond acceptors (Lipinski definition) is 1. The molecule has 284 valence electrons. The van der Waals surface area contributed by atoms with Crippen LogP contribution in [0.1, 0.15) is 25.0 Å². The summed E-state index contributed by atoms with van der Waals surface area (Å²) in [5.74, 6) is 0. The van der Waals surface area contributed by atoms with E-state index in [2.05, 4.69) is 240 Å². The largest absolute Gasteiger partial charge is 0.310 e. The highest BCUT2D eigenvalue weighted by Gasteiger charge is 2.36. The second-order valence-electron chi connectivity index (χ2n) is 16.5. The maximum atomic E-state index is 2.50. The Kier molecular flexibility index (Phi) is 7.58. The van der Waals surface area contributed by atoms with E-state index < -0.39 is 0 Å². The third-order valence-corrected chi connectivity index (χ3v) is 12.9. The molecule has 2 aromatic heterocycles. The third-order valence-electron chi connectivity index (χ3n) is 12.9. The summed E-state index contributed by atoms with van der Waals surface area (Å²) in [6.07, 6.45) is 0. The predicted molar refractivity (Wildman–Crippen MR) is 253 cm³/mol. The van der Waals surface area contributed by atoms with Gasteiger partial charge in [0.25, 0.3) is 0 Å². The van der Waals surface area contributed by atoms with Crippen molar-refractivity contribution in [2.75, 3.05) is 4.90 Å². The molecule has 0 amide bonds. The number of benzene rings is 9. The van der Waals surface area contributed by atoms with Gasteiger partial charge < -0.3 is 14.0 Å². The van der Waals surface area contributed by atoms with Crippen molar-refractivity contribution in [1.82, 2.24) is 9.13 Å². The van der Waals surface area contributed by atoms with Gasteiger partial charge in [-0.05, 0) is 88.5 Å². The van der Waals surface area contributed by atoms with Crippen LogP contribution in [0.3, 0.4) is 0 Å². The van der Waals surface area contributed by atoms with E-state index in [0.717, 1.165) is 34.0 Å². The van der Waals surface area contributed by atoms with E-state index in [0.29, 0.717) is 0 Å². The average Bonchev–Trinajstić information content (AvgIpc) is 3.90. The van der Waals surface area contributed by atoms with Crippen LogP contribution in [0.25, 0.3) is 77.2 Å². The first kappa shape index (κ1) is 34.4. The van der Waals surface area contributed by atoms with E-state index in [1.54, 1.807) is 0 Å². The van der Waals surface area contributed by atoms with Crippen molar-refractivity contribution < 1.29 is 0 Å². The molecule has 11 aromatic rings. The summed E-state index contributed by atoms with van der Waals surface area (Å²) in [4.78, 5) is 2.50. The summed E-state index contributed by atoms with van der Waals surface area (Å²) in [6, 6.07) is 78.0. The first-order valence-electron chi connectivity index (χ1n) is 20.9. The first-order chi connectivity index (χ1) is 29.6. The Morgan fingerprint density at radius 2 is 0.933 bits per heavy atom. The Balaban J connectivity index is 1.24. The predicted octanol–water partition coefficient (Wildman–Crippen LogP) is 15.3. The van der Waals surface area contributed by atoms with Crippen LogP contribution in [-0.2, 0) is 5.41 Å². The molecule has 1 aliphatic carbocycles.